The van der Waals surface area contributed by atoms with Crippen LogP contribution >= 0.6 is 0 Å². The minimum Gasteiger partial charge on any atom is -0.368 e. The van der Waals surface area contributed by atoms with Crippen LogP contribution in [0.25, 0.3) is 0 Å². The largest absolute Gasteiger partial charge is 0.368 e. The molecule has 0 amide bonds. The van der Waals surface area contributed by atoms with Crippen molar-refractivity contribution in [2.24, 2.45) is 0 Å². The molecule has 2 rings (SSSR count). The summed E-state index contributed by atoms with van der Waals surface area (Å²) in [6.07, 6.45) is 3.19. The lowest BCUT2D eigenvalue weighted by Gasteiger charge is -2.35. The van der Waals surface area contributed by atoms with Gasteiger partial charge < -0.3 is 15.1 Å². The van der Waals surface area contributed by atoms with Crippen LogP contribution in [0.1, 0.15) is 38.9 Å². The van der Waals surface area contributed by atoms with E-state index in [1.165, 1.54) is 5.69 Å². The number of aromatic nitrogens is 1. The minimum absolute atomic E-state index is 0.334. The van der Waals surface area contributed by atoms with Crippen molar-refractivity contribution < 1.29 is 0 Å². The van der Waals surface area contributed by atoms with E-state index in [4.69, 9.17) is 0 Å². The molecule has 1 saturated heterocycles. The average Bonchev–Trinajstić information content (AvgIpc) is 2.53. The Morgan fingerprint density at radius 3 is 2.50 bits per heavy atom. The van der Waals surface area contributed by atoms with Crippen molar-refractivity contribution in [2.75, 3.05) is 44.2 Å². The Kier molecular flexibility index (Phi) is 5.80. The van der Waals surface area contributed by atoms with E-state index in [0.29, 0.717) is 6.04 Å². The zero-order valence-electron chi connectivity index (χ0n) is 13.1. The third-order valence-electron chi connectivity index (χ3n) is 4.10. The summed E-state index contributed by atoms with van der Waals surface area (Å²) in [4.78, 5) is 9.56. The quantitative estimate of drug-likeness (QED) is 0.864. The van der Waals surface area contributed by atoms with Gasteiger partial charge >= 0.3 is 0 Å². The fraction of sp³-hybridized carbons (Fsp3) is 0.688. The molecular formula is C16H28N4. The van der Waals surface area contributed by atoms with Gasteiger partial charge in [0.25, 0.3) is 0 Å². The molecule has 112 valence electrons. The van der Waals surface area contributed by atoms with Gasteiger partial charge in [0.2, 0.25) is 0 Å². The van der Waals surface area contributed by atoms with Crippen LogP contribution in [0.15, 0.2) is 18.3 Å². The van der Waals surface area contributed by atoms with Crippen LogP contribution < -0.4 is 10.2 Å². The van der Waals surface area contributed by atoms with Gasteiger partial charge in [0.15, 0.2) is 0 Å². The summed E-state index contributed by atoms with van der Waals surface area (Å²) in [5.41, 5.74) is 2.39. The molecule has 0 aromatic carbocycles. The number of hydrogen-bond acceptors (Lipinski definition) is 4. The van der Waals surface area contributed by atoms with E-state index in [1.54, 1.807) is 0 Å². The molecule has 0 spiro atoms. The number of likely N-dealkylation sites (N-methyl/N-ethyl adjacent to an activating group) is 1. The van der Waals surface area contributed by atoms with Crippen LogP contribution in [-0.2, 0) is 0 Å². The van der Waals surface area contributed by atoms with Crippen LogP contribution in [-0.4, -0.2) is 49.2 Å². The van der Waals surface area contributed by atoms with Crippen molar-refractivity contribution in [1.82, 2.24) is 15.2 Å². The number of hydrogen-bond donors (Lipinski definition) is 1. The smallest absolute Gasteiger partial charge is 0.0572 e. The predicted octanol–water partition coefficient (Wildman–Crippen LogP) is 2.28. The lowest BCUT2D eigenvalue weighted by atomic mass is 10.2. The first-order valence-corrected chi connectivity index (χ1v) is 7.91. The van der Waals surface area contributed by atoms with Gasteiger partial charge in [-0.3, -0.25) is 4.98 Å². The molecule has 4 heteroatoms. The van der Waals surface area contributed by atoms with Gasteiger partial charge in [-0.1, -0.05) is 13.8 Å². The fourth-order valence-corrected chi connectivity index (χ4v) is 2.63. The molecule has 20 heavy (non-hydrogen) atoms. The van der Waals surface area contributed by atoms with Gasteiger partial charge in [-0.2, -0.15) is 0 Å². The number of nitrogens with one attached hydrogen (secondary N) is 1. The number of piperazine rings is 1. The lowest BCUT2D eigenvalue weighted by Crippen LogP contribution is -2.46. The Morgan fingerprint density at radius 2 is 1.95 bits per heavy atom. The normalized spacial score (nSPS) is 18.2. The molecule has 1 fully saturated rings. The Bertz CT molecular complexity index is 382. The molecule has 1 aromatic heterocycles. The molecule has 2 heterocycles. The molecule has 0 bridgehead atoms. The maximum atomic E-state index is 4.63. The average molecular weight is 276 g/mol. The Hall–Kier alpha value is -1.13. The van der Waals surface area contributed by atoms with Crippen molar-refractivity contribution in [2.45, 2.75) is 33.2 Å². The fourth-order valence-electron chi connectivity index (χ4n) is 2.63. The minimum atomic E-state index is 0.334. The molecular weight excluding hydrogens is 248 g/mol. The first-order chi connectivity index (χ1) is 9.74. The number of rotatable bonds is 6. The van der Waals surface area contributed by atoms with Crippen molar-refractivity contribution >= 4 is 5.69 Å². The van der Waals surface area contributed by atoms with E-state index in [-0.39, 0.29) is 0 Å². The number of pyridine rings is 1. The topological polar surface area (TPSA) is 31.4 Å². The highest BCUT2D eigenvalue weighted by molar-refractivity contribution is 5.45. The van der Waals surface area contributed by atoms with E-state index in [9.17, 15) is 0 Å². The van der Waals surface area contributed by atoms with Crippen molar-refractivity contribution in [1.29, 1.82) is 0 Å². The van der Waals surface area contributed by atoms with E-state index in [1.807, 2.05) is 6.20 Å². The van der Waals surface area contributed by atoms with Crippen molar-refractivity contribution in [3.8, 4) is 0 Å². The first kappa shape index (κ1) is 15.3. The molecule has 1 atom stereocenters. The third kappa shape index (κ3) is 3.93. The van der Waals surface area contributed by atoms with Crippen LogP contribution in [0.4, 0.5) is 5.69 Å². The third-order valence-corrected chi connectivity index (χ3v) is 4.10. The van der Waals surface area contributed by atoms with Crippen molar-refractivity contribution in [3.05, 3.63) is 24.0 Å². The highest BCUT2D eigenvalue weighted by Crippen LogP contribution is 2.18. The van der Waals surface area contributed by atoms with E-state index < -0.39 is 0 Å². The summed E-state index contributed by atoms with van der Waals surface area (Å²) in [5.74, 6) is 0. The maximum absolute atomic E-state index is 4.63. The van der Waals surface area contributed by atoms with Gasteiger partial charge in [-0.15, -0.1) is 0 Å². The standard InChI is InChI=1S/C16H28N4/c1-4-8-17-14(3)16-7-6-15(13-18-16)20-11-9-19(5-2)10-12-20/h6-7,13-14,17H,4-5,8-12H2,1-3H3. The zero-order chi connectivity index (χ0) is 14.4. The predicted molar refractivity (Wildman–Crippen MR) is 85.3 cm³/mol. The van der Waals surface area contributed by atoms with Gasteiger partial charge in [0.1, 0.15) is 0 Å². The summed E-state index contributed by atoms with van der Waals surface area (Å²) in [6, 6.07) is 4.71. The molecule has 0 aliphatic carbocycles. The summed E-state index contributed by atoms with van der Waals surface area (Å²) in [5, 5.41) is 3.48. The second-order valence-electron chi connectivity index (χ2n) is 5.54. The van der Waals surface area contributed by atoms with Crippen LogP contribution in [0.2, 0.25) is 0 Å². The molecule has 1 aliphatic rings. The van der Waals surface area contributed by atoms with Crippen LogP contribution in [0.3, 0.4) is 0 Å². The van der Waals surface area contributed by atoms with E-state index in [2.05, 4.69) is 53.0 Å². The molecule has 1 aromatic rings. The number of anilines is 1. The van der Waals surface area contributed by atoms with Gasteiger partial charge in [-0.25, -0.2) is 0 Å². The lowest BCUT2D eigenvalue weighted by molar-refractivity contribution is 0.271. The second-order valence-corrected chi connectivity index (χ2v) is 5.54. The van der Waals surface area contributed by atoms with Crippen LogP contribution in [0.5, 0.6) is 0 Å². The van der Waals surface area contributed by atoms with Gasteiger partial charge in [-0.05, 0) is 38.6 Å². The Morgan fingerprint density at radius 1 is 1.20 bits per heavy atom. The first-order valence-electron chi connectivity index (χ1n) is 7.91. The zero-order valence-corrected chi connectivity index (χ0v) is 13.1. The second kappa shape index (κ2) is 7.60. The monoisotopic (exact) mass is 276 g/mol. The molecule has 0 saturated carbocycles. The molecule has 4 nitrogen and oxygen atoms in total. The van der Waals surface area contributed by atoms with E-state index >= 15 is 0 Å². The van der Waals surface area contributed by atoms with Gasteiger partial charge in [0.05, 0.1) is 17.6 Å². The summed E-state index contributed by atoms with van der Waals surface area (Å²) in [7, 11) is 0. The Balaban J connectivity index is 1.91. The van der Waals surface area contributed by atoms with Crippen molar-refractivity contribution in [3.63, 3.8) is 0 Å². The van der Waals surface area contributed by atoms with Gasteiger partial charge in [0, 0.05) is 32.2 Å². The van der Waals surface area contributed by atoms with E-state index in [0.717, 1.165) is 51.4 Å². The Labute approximate surface area is 123 Å². The molecule has 1 unspecified atom stereocenters. The molecule has 0 radical (unpaired) electrons. The highest BCUT2D eigenvalue weighted by Gasteiger charge is 2.16. The summed E-state index contributed by atoms with van der Waals surface area (Å²) in [6.45, 7) is 13.3. The SMILES string of the molecule is CCCNC(C)c1ccc(N2CCN(CC)CC2)cn1. The highest BCUT2D eigenvalue weighted by atomic mass is 15.3. The number of nitrogens with zero attached hydrogens (tertiary/aromatic N) is 3. The van der Waals surface area contributed by atoms with Crippen LogP contribution in [0, 0.1) is 0 Å². The maximum Gasteiger partial charge on any atom is 0.0572 e. The molecule has 1 N–H and O–H groups in total. The molecule has 1 aliphatic heterocycles. The summed E-state index contributed by atoms with van der Waals surface area (Å²) >= 11 is 0. The summed E-state index contributed by atoms with van der Waals surface area (Å²) < 4.78 is 0.